The number of phenolic OH excluding ortho intramolecular Hbond substituents is 1. The first-order chi connectivity index (χ1) is 7.04. The molecule has 2 N–H and O–H groups in total. The average molecular weight is 209 g/mol. The maximum Gasteiger partial charge on any atom is 0.131 e. The van der Waals surface area contributed by atoms with E-state index in [-0.39, 0.29) is 11.6 Å². The van der Waals surface area contributed by atoms with Crippen molar-refractivity contribution >= 4 is 0 Å². The van der Waals surface area contributed by atoms with Crippen LogP contribution in [-0.4, -0.2) is 11.7 Å². The minimum atomic E-state index is -0.416. The summed E-state index contributed by atoms with van der Waals surface area (Å²) in [4.78, 5) is 0. The molecule has 1 fully saturated rings. The van der Waals surface area contributed by atoms with Gasteiger partial charge in [-0.15, -0.1) is 0 Å². The third-order valence-corrected chi connectivity index (χ3v) is 3.25. The molecule has 2 rings (SSSR count). The van der Waals surface area contributed by atoms with Gasteiger partial charge in [0, 0.05) is 11.1 Å². The lowest BCUT2D eigenvalue weighted by molar-refractivity contribution is 0.373. The summed E-state index contributed by atoms with van der Waals surface area (Å²) in [7, 11) is 0. The summed E-state index contributed by atoms with van der Waals surface area (Å²) < 4.78 is 13.7. The van der Waals surface area contributed by atoms with Gasteiger partial charge in [-0.2, -0.15) is 0 Å². The van der Waals surface area contributed by atoms with Gasteiger partial charge in [-0.05, 0) is 44.9 Å². The van der Waals surface area contributed by atoms with Gasteiger partial charge in [0.25, 0.3) is 0 Å². The lowest BCUT2D eigenvalue weighted by Gasteiger charge is -2.27. The summed E-state index contributed by atoms with van der Waals surface area (Å²) in [6.45, 7) is 4.61. The van der Waals surface area contributed by atoms with Crippen molar-refractivity contribution in [1.82, 2.24) is 5.32 Å². The van der Waals surface area contributed by atoms with Crippen LogP contribution in [-0.2, 0) is 5.54 Å². The molecule has 2 nitrogen and oxygen atoms in total. The van der Waals surface area contributed by atoms with Crippen molar-refractivity contribution in [2.24, 2.45) is 0 Å². The molecule has 1 heterocycles. The highest BCUT2D eigenvalue weighted by Crippen LogP contribution is 2.38. The Morgan fingerprint density at radius 1 is 1.47 bits per heavy atom. The number of nitrogens with one attached hydrogen (secondary N) is 1. The van der Waals surface area contributed by atoms with Crippen LogP contribution in [0.25, 0.3) is 0 Å². The Hall–Kier alpha value is -1.09. The third-order valence-electron chi connectivity index (χ3n) is 3.25. The summed E-state index contributed by atoms with van der Waals surface area (Å²) in [5.41, 5.74) is 0.724. The molecular formula is C12H16FNO. The molecule has 3 heteroatoms. The van der Waals surface area contributed by atoms with Gasteiger partial charge in [0.05, 0.1) is 0 Å². The van der Waals surface area contributed by atoms with Gasteiger partial charge in [-0.1, -0.05) is 6.07 Å². The molecule has 0 aliphatic carbocycles. The van der Waals surface area contributed by atoms with Crippen molar-refractivity contribution in [2.45, 2.75) is 32.2 Å². The smallest absolute Gasteiger partial charge is 0.131 e. The lowest BCUT2D eigenvalue weighted by Crippen LogP contribution is -2.34. The largest absolute Gasteiger partial charge is 0.507 e. The van der Waals surface area contributed by atoms with Gasteiger partial charge in [0.15, 0.2) is 0 Å². The number of hydrogen-bond acceptors (Lipinski definition) is 2. The van der Waals surface area contributed by atoms with E-state index in [1.807, 2.05) is 6.92 Å². The molecule has 15 heavy (non-hydrogen) atoms. The molecule has 1 aliphatic heterocycles. The summed E-state index contributed by atoms with van der Waals surface area (Å²) in [6.07, 6.45) is 1.88. The van der Waals surface area contributed by atoms with Crippen LogP contribution in [0.1, 0.15) is 30.9 Å². The maximum absolute atomic E-state index is 13.7. The molecule has 0 aromatic heterocycles. The zero-order valence-electron chi connectivity index (χ0n) is 9.10. The first-order valence-corrected chi connectivity index (χ1v) is 5.28. The van der Waals surface area contributed by atoms with Crippen molar-refractivity contribution in [3.05, 3.63) is 29.1 Å². The number of aryl methyl sites for hydroxylation is 1. The molecule has 1 saturated heterocycles. The van der Waals surface area contributed by atoms with E-state index in [0.717, 1.165) is 24.9 Å². The second-order valence-electron chi connectivity index (χ2n) is 4.45. The van der Waals surface area contributed by atoms with Gasteiger partial charge >= 0.3 is 0 Å². The fourth-order valence-corrected chi connectivity index (χ4v) is 2.30. The standard InChI is InChI=1S/C12H16FNO/c1-8-4-5-9(13)10(11(8)15)12(2)6-3-7-14-12/h4-5,14-15H,3,6-7H2,1-2H3. The highest BCUT2D eigenvalue weighted by atomic mass is 19.1. The van der Waals surface area contributed by atoms with E-state index in [4.69, 9.17) is 0 Å². The van der Waals surface area contributed by atoms with Crippen molar-refractivity contribution in [3.63, 3.8) is 0 Å². The monoisotopic (exact) mass is 209 g/mol. The van der Waals surface area contributed by atoms with E-state index in [9.17, 15) is 9.50 Å². The average Bonchev–Trinajstić information content (AvgIpc) is 2.60. The molecule has 1 aromatic carbocycles. The van der Waals surface area contributed by atoms with Crippen molar-refractivity contribution in [2.75, 3.05) is 6.54 Å². The number of benzene rings is 1. The van der Waals surface area contributed by atoms with E-state index in [1.165, 1.54) is 6.07 Å². The fraction of sp³-hybridized carbons (Fsp3) is 0.500. The van der Waals surface area contributed by atoms with Crippen LogP contribution in [0.2, 0.25) is 0 Å². The predicted octanol–water partition coefficient (Wildman–Crippen LogP) is 2.44. The Morgan fingerprint density at radius 2 is 2.20 bits per heavy atom. The number of rotatable bonds is 1. The van der Waals surface area contributed by atoms with Gasteiger partial charge < -0.3 is 10.4 Å². The van der Waals surface area contributed by atoms with Crippen LogP contribution in [0.15, 0.2) is 12.1 Å². The minimum absolute atomic E-state index is 0.0897. The highest BCUT2D eigenvalue weighted by Gasteiger charge is 2.35. The van der Waals surface area contributed by atoms with Gasteiger partial charge in [-0.25, -0.2) is 4.39 Å². The van der Waals surface area contributed by atoms with Crippen LogP contribution >= 0.6 is 0 Å². The van der Waals surface area contributed by atoms with Gasteiger partial charge in [0.1, 0.15) is 11.6 Å². The van der Waals surface area contributed by atoms with E-state index in [2.05, 4.69) is 5.32 Å². The predicted molar refractivity (Wildman–Crippen MR) is 57.4 cm³/mol. The highest BCUT2D eigenvalue weighted by molar-refractivity contribution is 5.45. The molecule has 1 aliphatic rings. The Kier molecular flexibility index (Phi) is 2.43. The Labute approximate surface area is 89.1 Å². The van der Waals surface area contributed by atoms with E-state index in [1.54, 1.807) is 13.0 Å². The third kappa shape index (κ3) is 1.61. The molecule has 1 unspecified atom stereocenters. The molecule has 0 amide bonds. The van der Waals surface area contributed by atoms with Gasteiger partial charge in [0.2, 0.25) is 0 Å². The molecular weight excluding hydrogens is 193 g/mol. The van der Waals surface area contributed by atoms with Crippen LogP contribution < -0.4 is 5.32 Å². The van der Waals surface area contributed by atoms with E-state index in [0.29, 0.717) is 5.56 Å². The van der Waals surface area contributed by atoms with E-state index >= 15 is 0 Å². The van der Waals surface area contributed by atoms with Crippen molar-refractivity contribution < 1.29 is 9.50 Å². The van der Waals surface area contributed by atoms with E-state index < -0.39 is 5.54 Å². The van der Waals surface area contributed by atoms with Crippen LogP contribution in [0.4, 0.5) is 4.39 Å². The first kappa shape index (κ1) is 10.4. The lowest BCUT2D eigenvalue weighted by atomic mass is 9.88. The zero-order chi connectivity index (χ0) is 11.1. The Bertz CT molecular complexity index is 383. The fourth-order valence-electron chi connectivity index (χ4n) is 2.30. The Morgan fingerprint density at radius 3 is 2.80 bits per heavy atom. The normalized spacial score (nSPS) is 25.8. The number of halogens is 1. The van der Waals surface area contributed by atoms with Gasteiger partial charge in [-0.3, -0.25) is 0 Å². The number of phenols is 1. The van der Waals surface area contributed by atoms with Crippen LogP contribution in [0, 0.1) is 12.7 Å². The van der Waals surface area contributed by atoms with Crippen molar-refractivity contribution in [3.8, 4) is 5.75 Å². The molecule has 82 valence electrons. The maximum atomic E-state index is 13.7. The number of aromatic hydroxyl groups is 1. The van der Waals surface area contributed by atoms with Crippen LogP contribution in [0.5, 0.6) is 5.75 Å². The van der Waals surface area contributed by atoms with Crippen LogP contribution in [0.3, 0.4) is 0 Å². The number of hydrogen-bond donors (Lipinski definition) is 2. The molecule has 0 radical (unpaired) electrons. The quantitative estimate of drug-likeness (QED) is 0.744. The summed E-state index contributed by atoms with van der Waals surface area (Å²) in [6, 6.07) is 3.03. The molecule has 0 spiro atoms. The molecule has 0 saturated carbocycles. The minimum Gasteiger partial charge on any atom is -0.507 e. The summed E-state index contributed by atoms with van der Waals surface area (Å²) in [5, 5.41) is 13.2. The second kappa shape index (κ2) is 3.49. The molecule has 0 bridgehead atoms. The SMILES string of the molecule is Cc1ccc(F)c(C2(C)CCCN2)c1O. The first-order valence-electron chi connectivity index (χ1n) is 5.28. The molecule has 1 atom stereocenters. The molecule has 1 aromatic rings. The zero-order valence-corrected chi connectivity index (χ0v) is 9.10. The summed E-state index contributed by atoms with van der Waals surface area (Å²) in [5.74, 6) is -0.234. The Balaban J connectivity index is 2.55. The second-order valence-corrected chi connectivity index (χ2v) is 4.45. The van der Waals surface area contributed by atoms with Crippen molar-refractivity contribution in [1.29, 1.82) is 0 Å². The summed E-state index contributed by atoms with van der Waals surface area (Å²) >= 11 is 0. The topological polar surface area (TPSA) is 32.3 Å².